The Kier molecular flexibility index (Phi) is 4.77. The lowest BCUT2D eigenvalue weighted by atomic mass is 10.1. The minimum atomic E-state index is -0.111. The fraction of sp³-hybridized carbons (Fsp3) is 0.357. The van der Waals surface area contributed by atoms with Crippen molar-refractivity contribution in [2.75, 3.05) is 24.7 Å². The van der Waals surface area contributed by atoms with E-state index in [1.54, 1.807) is 18.2 Å². The van der Waals surface area contributed by atoms with Crippen molar-refractivity contribution in [3.05, 3.63) is 36.4 Å². The lowest BCUT2D eigenvalue weighted by Gasteiger charge is -2.19. The van der Waals surface area contributed by atoms with Crippen molar-refractivity contribution in [2.24, 2.45) is 0 Å². The average Bonchev–Trinajstić information content (AvgIpc) is 2.28. The Hall–Kier alpha value is -1.97. The fourth-order valence-electron chi connectivity index (χ4n) is 1.74. The molecule has 1 aromatic carbocycles. The highest BCUT2D eigenvalue weighted by Crippen LogP contribution is 2.21. The molecule has 0 aliphatic heterocycles. The quantitative estimate of drug-likeness (QED) is 0.618. The largest absolute Gasteiger partial charge is 0.399 e. The van der Waals surface area contributed by atoms with Gasteiger partial charge < -0.3 is 16.0 Å². The molecule has 1 aromatic rings. The van der Waals surface area contributed by atoms with Gasteiger partial charge in [-0.1, -0.05) is 6.08 Å². The van der Waals surface area contributed by atoms with E-state index in [-0.39, 0.29) is 11.9 Å². The molecule has 4 heteroatoms. The van der Waals surface area contributed by atoms with Crippen LogP contribution in [0.3, 0.4) is 0 Å². The molecule has 0 saturated heterocycles. The van der Waals surface area contributed by atoms with Gasteiger partial charge in [-0.25, -0.2) is 0 Å². The monoisotopic (exact) mass is 247 g/mol. The predicted molar refractivity (Wildman–Crippen MR) is 76.9 cm³/mol. The maximum absolute atomic E-state index is 12.2. The van der Waals surface area contributed by atoms with Crippen LogP contribution in [-0.4, -0.2) is 26.0 Å². The van der Waals surface area contributed by atoms with Gasteiger partial charge in [-0.15, -0.1) is 6.58 Å². The summed E-state index contributed by atoms with van der Waals surface area (Å²) in [4.78, 5) is 14.1. The van der Waals surface area contributed by atoms with Crippen molar-refractivity contribution >= 4 is 17.3 Å². The molecule has 0 heterocycles. The van der Waals surface area contributed by atoms with Crippen molar-refractivity contribution in [3.63, 3.8) is 0 Å². The molecule has 0 spiro atoms. The van der Waals surface area contributed by atoms with E-state index in [9.17, 15) is 4.79 Å². The highest BCUT2D eigenvalue weighted by Gasteiger charge is 2.14. The lowest BCUT2D eigenvalue weighted by molar-refractivity contribution is 0.0941. The van der Waals surface area contributed by atoms with Crippen molar-refractivity contribution in [3.8, 4) is 0 Å². The number of nitrogens with two attached hydrogens (primary N) is 1. The molecule has 1 rings (SSSR count). The summed E-state index contributed by atoms with van der Waals surface area (Å²) in [5, 5.41) is 2.93. The summed E-state index contributed by atoms with van der Waals surface area (Å²) in [7, 11) is 3.80. The number of amides is 1. The Bertz CT molecular complexity index is 441. The van der Waals surface area contributed by atoms with Gasteiger partial charge in [0, 0.05) is 31.5 Å². The molecule has 0 aromatic heterocycles. The molecule has 1 unspecified atom stereocenters. The summed E-state index contributed by atoms with van der Waals surface area (Å²) < 4.78 is 0. The zero-order valence-electron chi connectivity index (χ0n) is 11.2. The van der Waals surface area contributed by atoms with Gasteiger partial charge in [0.25, 0.3) is 5.91 Å². The second-order valence-corrected chi connectivity index (χ2v) is 4.57. The average molecular weight is 247 g/mol. The summed E-state index contributed by atoms with van der Waals surface area (Å²) in [6.07, 6.45) is 2.53. The van der Waals surface area contributed by atoms with Gasteiger partial charge >= 0.3 is 0 Å². The van der Waals surface area contributed by atoms with E-state index in [4.69, 9.17) is 5.73 Å². The number of nitrogen functional groups attached to an aromatic ring is 1. The van der Waals surface area contributed by atoms with E-state index >= 15 is 0 Å². The molecule has 18 heavy (non-hydrogen) atoms. The molecule has 0 bridgehead atoms. The highest BCUT2D eigenvalue weighted by atomic mass is 16.1. The van der Waals surface area contributed by atoms with Crippen molar-refractivity contribution in [1.82, 2.24) is 5.32 Å². The fourth-order valence-corrected chi connectivity index (χ4v) is 1.74. The van der Waals surface area contributed by atoms with Gasteiger partial charge in [0.1, 0.15) is 0 Å². The predicted octanol–water partition coefficient (Wildman–Crippen LogP) is 2.03. The minimum absolute atomic E-state index is 0.0615. The van der Waals surface area contributed by atoms with Crippen LogP contribution in [0.4, 0.5) is 11.4 Å². The van der Waals surface area contributed by atoms with Crippen molar-refractivity contribution < 1.29 is 4.79 Å². The molecule has 1 amide bonds. The normalized spacial score (nSPS) is 11.7. The zero-order valence-corrected chi connectivity index (χ0v) is 11.2. The van der Waals surface area contributed by atoms with Crippen LogP contribution in [0, 0.1) is 0 Å². The summed E-state index contributed by atoms with van der Waals surface area (Å²) in [5.41, 5.74) is 7.77. The maximum atomic E-state index is 12.2. The summed E-state index contributed by atoms with van der Waals surface area (Å²) in [5.74, 6) is -0.111. The smallest absolute Gasteiger partial charge is 0.253 e. The number of carbonyl (C=O) groups is 1. The molecule has 0 aliphatic rings. The Morgan fingerprint density at radius 1 is 1.56 bits per heavy atom. The molecular weight excluding hydrogens is 226 g/mol. The van der Waals surface area contributed by atoms with Crippen LogP contribution in [0.2, 0.25) is 0 Å². The third-order valence-corrected chi connectivity index (χ3v) is 2.64. The van der Waals surface area contributed by atoms with E-state index in [0.717, 1.165) is 12.1 Å². The summed E-state index contributed by atoms with van der Waals surface area (Å²) >= 11 is 0. The van der Waals surface area contributed by atoms with Gasteiger partial charge in [0.15, 0.2) is 0 Å². The van der Waals surface area contributed by atoms with Crippen LogP contribution in [0.15, 0.2) is 30.9 Å². The maximum Gasteiger partial charge on any atom is 0.253 e. The van der Waals surface area contributed by atoms with E-state index in [1.807, 2.05) is 32.0 Å². The van der Waals surface area contributed by atoms with Crippen LogP contribution < -0.4 is 16.0 Å². The Balaban J connectivity index is 2.96. The van der Waals surface area contributed by atoms with E-state index < -0.39 is 0 Å². The topological polar surface area (TPSA) is 58.4 Å². The first-order valence-electron chi connectivity index (χ1n) is 5.94. The number of carbonyl (C=O) groups excluding carboxylic acids is 1. The molecular formula is C14H21N3O. The molecule has 0 fully saturated rings. The van der Waals surface area contributed by atoms with Gasteiger partial charge in [-0.3, -0.25) is 4.79 Å². The van der Waals surface area contributed by atoms with E-state index in [1.165, 1.54) is 0 Å². The number of benzene rings is 1. The highest BCUT2D eigenvalue weighted by molar-refractivity contribution is 6.00. The number of anilines is 2. The van der Waals surface area contributed by atoms with Gasteiger partial charge in [-0.2, -0.15) is 0 Å². The first-order chi connectivity index (χ1) is 8.45. The van der Waals surface area contributed by atoms with Crippen LogP contribution in [0.1, 0.15) is 23.7 Å². The Morgan fingerprint density at radius 3 is 2.78 bits per heavy atom. The van der Waals surface area contributed by atoms with Crippen LogP contribution in [0.5, 0.6) is 0 Å². The van der Waals surface area contributed by atoms with Gasteiger partial charge in [0.2, 0.25) is 0 Å². The number of rotatable bonds is 5. The molecule has 4 nitrogen and oxygen atoms in total. The van der Waals surface area contributed by atoms with E-state index in [2.05, 4.69) is 11.9 Å². The zero-order chi connectivity index (χ0) is 13.7. The van der Waals surface area contributed by atoms with Crippen molar-refractivity contribution in [2.45, 2.75) is 19.4 Å². The van der Waals surface area contributed by atoms with Gasteiger partial charge in [-0.05, 0) is 31.5 Å². The van der Waals surface area contributed by atoms with E-state index in [0.29, 0.717) is 11.3 Å². The molecule has 0 radical (unpaired) electrons. The van der Waals surface area contributed by atoms with Gasteiger partial charge in [0.05, 0.1) is 5.56 Å². The van der Waals surface area contributed by atoms with Crippen molar-refractivity contribution in [1.29, 1.82) is 0 Å². The molecule has 1 atom stereocenters. The SMILES string of the molecule is C=CCC(C)NC(=O)c1cc(N)ccc1N(C)C. The lowest BCUT2D eigenvalue weighted by Crippen LogP contribution is -2.33. The first kappa shape index (κ1) is 14.1. The second-order valence-electron chi connectivity index (χ2n) is 4.57. The Morgan fingerprint density at radius 2 is 2.22 bits per heavy atom. The molecule has 0 saturated carbocycles. The minimum Gasteiger partial charge on any atom is -0.399 e. The standard InChI is InChI=1S/C14H21N3O/c1-5-6-10(2)16-14(18)12-9-11(15)7-8-13(12)17(3)4/h5,7-10H,1,6,15H2,2-4H3,(H,16,18). The van der Waals surface area contributed by atoms with Crippen LogP contribution in [-0.2, 0) is 0 Å². The van der Waals surface area contributed by atoms with Crippen LogP contribution in [0.25, 0.3) is 0 Å². The first-order valence-corrected chi connectivity index (χ1v) is 5.94. The number of nitrogens with one attached hydrogen (secondary N) is 1. The Labute approximate surface area is 108 Å². The summed E-state index contributed by atoms with van der Waals surface area (Å²) in [6.45, 7) is 5.61. The molecule has 0 aliphatic carbocycles. The number of hydrogen-bond donors (Lipinski definition) is 2. The third kappa shape index (κ3) is 3.52. The second kappa shape index (κ2) is 6.10. The molecule has 3 N–H and O–H groups in total. The summed E-state index contributed by atoms with van der Waals surface area (Å²) in [6, 6.07) is 5.40. The molecule has 98 valence electrons. The number of nitrogens with zero attached hydrogens (tertiary/aromatic N) is 1. The van der Waals surface area contributed by atoms with Crippen LogP contribution >= 0.6 is 0 Å². The number of hydrogen-bond acceptors (Lipinski definition) is 3. The third-order valence-electron chi connectivity index (χ3n) is 2.64.